The fourth-order valence-corrected chi connectivity index (χ4v) is 4.08. The van der Waals surface area contributed by atoms with Gasteiger partial charge in [-0.25, -0.2) is 0 Å². The first-order valence-corrected chi connectivity index (χ1v) is 9.29. The summed E-state index contributed by atoms with van der Waals surface area (Å²) < 4.78 is 0. The molecule has 24 heavy (non-hydrogen) atoms. The Kier molecular flexibility index (Phi) is 6.34. The molecule has 0 saturated heterocycles. The van der Waals surface area contributed by atoms with Crippen LogP contribution in [0.25, 0.3) is 0 Å². The van der Waals surface area contributed by atoms with Crippen molar-refractivity contribution >= 4 is 18.5 Å². The average Bonchev–Trinajstić information content (AvgIpc) is 2.58. The van der Waals surface area contributed by atoms with Crippen LogP contribution in [0.4, 0.5) is 0 Å². The van der Waals surface area contributed by atoms with E-state index in [1.54, 1.807) is 0 Å². The monoisotopic (exact) mass is 344 g/mol. The molecule has 0 radical (unpaired) electrons. The Morgan fingerprint density at radius 2 is 1.92 bits per heavy atom. The normalized spacial score (nSPS) is 22.5. The van der Waals surface area contributed by atoms with Crippen LogP contribution < -0.4 is 5.32 Å². The van der Waals surface area contributed by atoms with Crippen LogP contribution in [0.5, 0.6) is 0 Å². The minimum atomic E-state index is -0.0445. The number of amides is 1. The van der Waals surface area contributed by atoms with Crippen LogP contribution in [0, 0.1) is 23.2 Å². The molecular weight excluding hydrogens is 316 g/mol. The van der Waals surface area contributed by atoms with Gasteiger partial charge in [-0.05, 0) is 35.3 Å². The molecule has 0 heterocycles. The molecule has 2 rings (SSSR count). The Morgan fingerprint density at radius 1 is 1.29 bits per heavy atom. The lowest BCUT2D eigenvalue weighted by Gasteiger charge is -2.34. The first-order valence-electron chi connectivity index (χ1n) is 8.77. The number of carbonyl (C=O) groups excluding carboxylic acids is 1. The zero-order chi connectivity index (χ0) is 17.7. The molecule has 1 unspecified atom stereocenters. The van der Waals surface area contributed by atoms with Gasteiger partial charge in [0.25, 0.3) is 0 Å². The van der Waals surface area contributed by atoms with Crippen molar-refractivity contribution in [2.45, 2.75) is 57.1 Å². The second-order valence-electron chi connectivity index (χ2n) is 7.75. The quantitative estimate of drug-likeness (QED) is 0.628. The molecule has 1 fully saturated rings. The number of benzene rings is 1. The highest BCUT2D eigenvalue weighted by Crippen LogP contribution is 2.42. The van der Waals surface area contributed by atoms with Crippen molar-refractivity contribution in [2.75, 3.05) is 6.54 Å². The van der Waals surface area contributed by atoms with E-state index in [1.165, 1.54) is 11.1 Å². The molecule has 0 bridgehead atoms. The minimum absolute atomic E-state index is 0.00612. The van der Waals surface area contributed by atoms with Gasteiger partial charge in [0, 0.05) is 11.2 Å². The summed E-state index contributed by atoms with van der Waals surface area (Å²) in [6.45, 7) is 6.70. The summed E-state index contributed by atoms with van der Waals surface area (Å²) in [6.07, 6.45) is 4.12. The van der Waals surface area contributed by atoms with Crippen LogP contribution in [0.3, 0.4) is 0 Å². The molecule has 130 valence electrons. The molecule has 1 aromatic carbocycles. The molecule has 3 atom stereocenters. The molecule has 1 aliphatic rings. The van der Waals surface area contributed by atoms with Gasteiger partial charge in [0.1, 0.15) is 6.54 Å². The summed E-state index contributed by atoms with van der Waals surface area (Å²) in [5, 5.41) is 11.5. The topological polar surface area (TPSA) is 52.9 Å². The average molecular weight is 345 g/mol. The van der Waals surface area contributed by atoms with Crippen molar-refractivity contribution < 1.29 is 4.79 Å². The fraction of sp³-hybridized carbons (Fsp3) is 0.600. The number of hydrogen-bond acceptors (Lipinski definition) is 3. The Bertz CT molecular complexity index is 598. The van der Waals surface area contributed by atoms with Crippen molar-refractivity contribution in [3.63, 3.8) is 0 Å². The van der Waals surface area contributed by atoms with Gasteiger partial charge >= 0.3 is 0 Å². The van der Waals surface area contributed by atoms with E-state index >= 15 is 0 Å². The minimum Gasteiger partial charge on any atom is -0.343 e. The number of nitrogens with one attached hydrogen (secondary N) is 1. The largest absolute Gasteiger partial charge is 0.343 e. The van der Waals surface area contributed by atoms with Crippen LogP contribution in [0.15, 0.2) is 24.3 Å². The standard InChI is InChI=1S/C20H28N2OS/c1-20(2,3)15-10-8-14(9-11-15)18(24)16-6-4-5-7-17(16)19(23)22-13-12-21/h8-11,16-18,24H,4-7,13H2,1-3H3,(H,22,23)/t16-,17-,18?/m0/s1. The summed E-state index contributed by atoms with van der Waals surface area (Å²) in [6, 6.07) is 10.6. The molecule has 3 nitrogen and oxygen atoms in total. The zero-order valence-electron chi connectivity index (χ0n) is 14.9. The molecule has 1 aliphatic carbocycles. The summed E-state index contributed by atoms with van der Waals surface area (Å²) in [5.74, 6) is 0.185. The second kappa shape index (κ2) is 8.07. The van der Waals surface area contributed by atoms with E-state index in [-0.39, 0.29) is 35.0 Å². The Balaban J connectivity index is 2.15. The van der Waals surface area contributed by atoms with Crippen molar-refractivity contribution in [3.05, 3.63) is 35.4 Å². The molecular formula is C20H28N2OS. The number of nitrogens with zero attached hydrogens (tertiary/aromatic N) is 1. The first-order chi connectivity index (χ1) is 11.3. The fourth-order valence-electron chi connectivity index (χ4n) is 3.55. The predicted molar refractivity (Wildman–Crippen MR) is 101 cm³/mol. The van der Waals surface area contributed by atoms with Gasteiger partial charge < -0.3 is 5.32 Å². The Labute approximate surface area is 151 Å². The van der Waals surface area contributed by atoms with E-state index in [1.807, 2.05) is 6.07 Å². The maximum absolute atomic E-state index is 12.4. The van der Waals surface area contributed by atoms with E-state index in [9.17, 15) is 4.79 Å². The molecule has 0 spiro atoms. The number of nitriles is 1. The Hall–Kier alpha value is -1.47. The Morgan fingerprint density at radius 3 is 2.50 bits per heavy atom. The first kappa shape index (κ1) is 18.9. The van der Waals surface area contributed by atoms with Gasteiger partial charge in [0.05, 0.1) is 6.07 Å². The predicted octanol–water partition coefficient (Wildman–Crippen LogP) is 4.40. The molecule has 0 aliphatic heterocycles. The summed E-state index contributed by atoms with van der Waals surface area (Å²) >= 11 is 4.87. The van der Waals surface area contributed by atoms with Gasteiger partial charge in [0.15, 0.2) is 0 Å². The van der Waals surface area contributed by atoms with Gasteiger partial charge in [-0.3, -0.25) is 4.79 Å². The summed E-state index contributed by atoms with van der Waals surface area (Å²) in [4.78, 5) is 12.4. The molecule has 1 N–H and O–H groups in total. The van der Waals surface area contributed by atoms with Gasteiger partial charge in [-0.2, -0.15) is 17.9 Å². The molecule has 1 aromatic rings. The van der Waals surface area contributed by atoms with Crippen LogP contribution >= 0.6 is 12.6 Å². The van der Waals surface area contributed by atoms with E-state index in [0.717, 1.165) is 25.7 Å². The summed E-state index contributed by atoms with van der Waals surface area (Å²) in [5.41, 5.74) is 2.62. The lowest BCUT2D eigenvalue weighted by molar-refractivity contribution is -0.127. The zero-order valence-corrected chi connectivity index (χ0v) is 15.8. The van der Waals surface area contributed by atoms with Gasteiger partial charge in [-0.1, -0.05) is 57.9 Å². The van der Waals surface area contributed by atoms with Crippen LogP contribution in [-0.2, 0) is 10.2 Å². The van der Waals surface area contributed by atoms with Crippen molar-refractivity contribution in [1.82, 2.24) is 5.32 Å². The SMILES string of the molecule is CC(C)(C)c1ccc(C(S)[C@H]2CCCC[C@@H]2C(=O)NCC#N)cc1. The molecule has 1 saturated carbocycles. The maximum Gasteiger partial charge on any atom is 0.224 e. The lowest BCUT2D eigenvalue weighted by Crippen LogP contribution is -2.38. The van der Waals surface area contributed by atoms with Gasteiger partial charge in [0.2, 0.25) is 5.91 Å². The highest BCUT2D eigenvalue weighted by molar-refractivity contribution is 7.80. The van der Waals surface area contributed by atoms with Crippen molar-refractivity contribution in [1.29, 1.82) is 5.26 Å². The number of carbonyl (C=O) groups is 1. The maximum atomic E-state index is 12.4. The van der Waals surface area contributed by atoms with Crippen molar-refractivity contribution in [3.8, 4) is 6.07 Å². The van der Waals surface area contributed by atoms with E-state index < -0.39 is 0 Å². The highest BCUT2D eigenvalue weighted by atomic mass is 32.1. The number of thiol groups is 1. The molecule has 0 aromatic heterocycles. The summed E-state index contributed by atoms with van der Waals surface area (Å²) in [7, 11) is 0. The number of rotatable bonds is 4. The van der Waals surface area contributed by atoms with Gasteiger partial charge in [-0.15, -0.1) is 0 Å². The number of hydrogen-bond donors (Lipinski definition) is 2. The third-order valence-electron chi connectivity index (χ3n) is 5.02. The van der Waals surface area contributed by atoms with Crippen molar-refractivity contribution in [2.24, 2.45) is 11.8 Å². The van der Waals surface area contributed by atoms with E-state index in [0.29, 0.717) is 0 Å². The molecule has 4 heteroatoms. The molecule has 1 amide bonds. The van der Waals surface area contributed by atoms with Crippen LogP contribution in [-0.4, -0.2) is 12.5 Å². The highest BCUT2D eigenvalue weighted by Gasteiger charge is 2.35. The smallest absolute Gasteiger partial charge is 0.224 e. The third-order valence-corrected chi connectivity index (χ3v) is 5.70. The van der Waals surface area contributed by atoms with E-state index in [4.69, 9.17) is 17.9 Å². The lowest BCUT2D eigenvalue weighted by atomic mass is 9.75. The van der Waals surface area contributed by atoms with E-state index in [2.05, 4.69) is 50.4 Å². The van der Waals surface area contributed by atoms with Crippen LogP contribution in [0.2, 0.25) is 0 Å². The second-order valence-corrected chi connectivity index (χ2v) is 8.30. The third kappa shape index (κ3) is 4.54. The van der Waals surface area contributed by atoms with Crippen LogP contribution in [0.1, 0.15) is 62.8 Å².